The Morgan fingerprint density at radius 2 is 1.79 bits per heavy atom. The van der Waals surface area contributed by atoms with Crippen molar-refractivity contribution >= 4 is 61.6 Å². The summed E-state index contributed by atoms with van der Waals surface area (Å²) in [6, 6.07) is 20.3. The van der Waals surface area contributed by atoms with Crippen LogP contribution in [-0.4, -0.2) is 10.9 Å². The standard InChI is InChI=1S/C23H15BrCl2N2O/c1-13-21(23(29)27-16-6-4-5-14(24)11-16)18-7-2-3-8-20(18)28-22(13)17-10-9-15(25)12-19(17)26/h2-12H,1H3,(H,27,29). The molecule has 144 valence electrons. The normalized spacial score (nSPS) is 10.9. The molecule has 0 fully saturated rings. The largest absolute Gasteiger partial charge is 0.322 e. The Kier molecular flexibility index (Phi) is 5.59. The summed E-state index contributed by atoms with van der Waals surface area (Å²) in [5.74, 6) is -0.203. The minimum absolute atomic E-state index is 0.203. The predicted molar refractivity (Wildman–Crippen MR) is 124 cm³/mol. The maximum absolute atomic E-state index is 13.3. The molecule has 0 saturated carbocycles. The molecule has 0 unspecified atom stereocenters. The zero-order chi connectivity index (χ0) is 20.5. The number of hydrogen-bond donors (Lipinski definition) is 1. The summed E-state index contributed by atoms with van der Waals surface area (Å²) in [5, 5.41) is 4.80. The molecule has 0 saturated heterocycles. The van der Waals surface area contributed by atoms with Crippen LogP contribution in [-0.2, 0) is 0 Å². The van der Waals surface area contributed by atoms with E-state index < -0.39 is 0 Å². The van der Waals surface area contributed by atoms with E-state index >= 15 is 0 Å². The van der Waals surface area contributed by atoms with E-state index in [9.17, 15) is 4.79 Å². The van der Waals surface area contributed by atoms with E-state index in [-0.39, 0.29) is 5.91 Å². The van der Waals surface area contributed by atoms with Crippen LogP contribution in [0.15, 0.2) is 71.2 Å². The number of nitrogens with zero attached hydrogens (tertiary/aromatic N) is 1. The highest BCUT2D eigenvalue weighted by Crippen LogP contribution is 2.35. The fourth-order valence-electron chi connectivity index (χ4n) is 3.30. The summed E-state index contributed by atoms with van der Waals surface area (Å²) in [6.45, 7) is 1.88. The van der Waals surface area contributed by atoms with Gasteiger partial charge in [-0.1, -0.05) is 63.4 Å². The number of para-hydroxylation sites is 1. The molecule has 0 radical (unpaired) electrons. The Labute approximate surface area is 186 Å². The number of carbonyl (C=O) groups is 1. The second-order valence-corrected chi connectivity index (χ2v) is 8.33. The highest BCUT2D eigenvalue weighted by Gasteiger charge is 2.20. The molecule has 1 N–H and O–H groups in total. The number of aromatic nitrogens is 1. The van der Waals surface area contributed by atoms with Gasteiger partial charge in [0.1, 0.15) is 0 Å². The number of carbonyl (C=O) groups excluding carboxylic acids is 1. The van der Waals surface area contributed by atoms with Gasteiger partial charge in [0.25, 0.3) is 5.91 Å². The summed E-state index contributed by atoms with van der Waals surface area (Å²) >= 11 is 15.9. The molecule has 6 heteroatoms. The number of rotatable bonds is 3. The summed E-state index contributed by atoms with van der Waals surface area (Å²) in [7, 11) is 0. The van der Waals surface area contributed by atoms with Crippen molar-refractivity contribution in [3.05, 3.63) is 92.4 Å². The lowest BCUT2D eigenvalue weighted by atomic mass is 9.97. The van der Waals surface area contributed by atoms with Gasteiger partial charge in [0.15, 0.2) is 0 Å². The number of pyridine rings is 1. The summed E-state index contributed by atoms with van der Waals surface area (Å²) in [6.07, 6.45) is 0. The van der Waals surface area contributed by atoms with Crippen molar-refractivity contribution in [3.8, 4) is 11.3 Å². The molecule has 0 aliphatic heterocycles. The van der Waals surface area contributed by atoms with Crippen LogP contribution in [0.25, 0.3) is 22.2 Å². The van der Waals surface area contributed by atoms with Crippen molar-refractivity contribution in [2.45, 2.75) is 6.92 Å². The zero-order valence-electron chi connectivity index (χ0n) is 15.3. The second-order valence-electron chi connectivity index (χ2n) is 6.57. The van der Waals surface area contributed by atoms with E-state index in [0.29, 0.717) is 27.0 Å². The highest BCUT2D eigenvalue weighted by atomic mass is 79.9. The zero-order valence-corrected chi connectivity index (χ0v) is 18.4. The number of amides is 1. The van der Waals surface area contributed by atoms with Crippen molar-refractivity contribution in [2.24, 2.45) is 0 Å². The molecule has 3 nitrogen and oxygen atoms in total. The fraction of sp³-hybridized carbons (Fsp3) is 0.0435. The van der Waals surface area contributed by atoms with Crippen LogP contribution in [0.3, 0.4) is 0 Å². The average molecular weight is 486 g/mol. The lowest BCUT2D eigenvalue weighted by Gasteiger charge is -2.16. The number of fused-ring (bicyclic) bond motifs is 1. The molecule has 1 heterocycles. The lowest BCUT2D eigenvalue weighted by molar-refractivity contribution is 0.102. The SMILES string of the molecule is Cc1c(-c2ccc(Cl)cc2Cl)nc2ccccc2c1C(=O)Nc1cccc(Br)c1. The molecule has 0 bridgehead atoms. The van der Waals surface area contributed by atoms with E-state index in [1.807, 2.05) is 61.5 Å². The third-order valence-corrected chi connectivity index (χ3v) is 5.67. The van der Waals surface area contributed by atoms with E-state index in [1.165, 1.54) is 0 Å². The van der Waals surface area contributed by atoms with Crippen LogP contribution in [0.1, 0.15) is 15.9 Å². The van der Waals surface area contributed by atoms with Crippen molar-refractivity contribution in [2.75, 3.05) is 5.32 Å². The Balaban J connectivity index is 1.90. The first-order chi connectivity index (χ1) is 13.9. The van der Waals surface area contributed by atoms with Gasteiger partial charge >= 0.3 is 0 Å². The first-order valence-electron chi connectivity index (χ1n) is 8.86. The molecule has 4 rings (SSSR count). The highest BCUT2D eigenvalue weighted by molar-refractivity contribution is 9.10. The van der Waals surface area contributed by atoms with Crippen LogP contribution in [0.4, 0.5) is 5.69 Å². The minimum atomic E-state index is -0.203. The molecule has 4 aromatic rings. The molecule has 1 aromatic heterocycles. The second kappa shape index (κ2) is 8.15. The van der Waals surface area contributed by atoms with E-state index in [1.54, 1.807) is 12.1 Å². The van der Waals surface area contributed by atoms with Crippen LogP contribution in [0.2, 0.25) is 10.0 Å². The maximum Gasteiger partial charge on any atom is 0.256 e. The predicted octanol–water partition coefficient (Wildman–Crippen LogP) is 7.53. The van der Waals surface area contributed by atoms with Crippen molar-refractivity contribution in [1.82, 2.24) is 4.98 Å². The quantitative estimate of drug-likeness (QED) is 0.325. The molecule has 0 atom stereocenters. The molecule has 0 aliphatic rings. The van der Waals surface area contributed by atoms with Gasteiger partial charge in [-0.3, -0.25) is 4.79 Å². The number of anilines is 1. The Morgan fingerprint density at radius 3 is 2.55 bits per heavy atom. The Hall–Kier alpha value is -2.40. The Morgan fingerprint density at radius 1 is 1.00 bits per heavy atom. The van der Waals surface area contributed by atoms with Gasteiger partial charge < -0.3 is 5.32 Å². The van der Waals surface area contributed by atoms with Crippen LogP contribution >= 0.6 is 39.1 Å². The van der Waals surface area contributed by atoms with Crippen molar-refractivity contribution in [3.63, 3.8) is 0 Å². The number of nitrogens with one attached hydrogen (secondary N) is 1. The molecule has 0 aliphatic carbocycles. The van der Waals surface area contributed by atoms with Gasteiger partial charge in [-0.25, -0.2) is 4.98 Å². The van der Waals surface area contributed by atoms with Crippen molar-refractivity contribution < 1.29 is 4.79 Å². The molecule has 0 spiro atoms. The number of halogens is 3. The summed E-state index contributed by atoms with van der Waals surface area (Å²) in [4.78, 5) is 18.1. The smallest absolute Gasteiger partial charge is 0.256 e. The lowest BCUT2D eigenvalue weighted by Crippen LogP contribution is -2.15. The average Bonchev–Trinajstić information content (AvgIpc) is 2.68. The van der Waals surface area contributed by atoms with E-state index in [2.05, 4.69) is 21.2 Å². The monoisotopic (exact) mass is 484 g/mol. The third kappa shape index (κ3) is 4.01. The van der Waals surface area contributed by atoms with Gasteiger partial charge in [0.2, 0.25) is 0 Å². The fourth-order valence-corrected chi connectivity index (χ4v) is 4.20. The van der Waals surface area contributed by atoms with E-state index in [0.717, 1.165) is 26.5 Å². The first-order valence-corrected chi connectivity index (χ1v) is 10.4. The van der Waals surface area contributed by atoms with Crippen molar-refractivity contribution in [1.29, 1.82) is 0 Å². The third-order valence-electron chi connectivity index (χ3n) is 4.63. The molecule has 1 amide bonds. The summed E-state index contributed by atoms with van der Waals surface area (Å²) < 4.78 is 0.889. The van der Waals surface area contributed by atoms with Gasteiger partial charge in [-0.2, -0.15) is 0 Å². The maximum atomic E-state index is 13.3. The topological polar surface area (TPSA) is 42.0 Å². The van der Waals surface area contributed by atoms with Gasteiger partial charge in [0.05, 0.1) is 21.8 Å². The van der Waals surface area contributed by atoms with Gasteiger partial charge in [0, 0.05) is 26.1 Å². The first kappa shape index (κ1) is 19.9. The van der Waals surface area contributed by atoms with Crippen LogP contribution in [0.5, 0.6) is 0 Å². The van der Waals surface area contributed by atoms with Gasteiger partial charge in [-0.15, -0.1) is 0 Å². The van der Waals surface area contributed by atoms with Crippen LogP contribution in [0, 0.1) is 6.92 Å². The molecule has 29 heavy (non-hydrogen) atoms. The minimum Gasteiger partial charge on any atom is -0.322 e. The molecule has 3 aromatic carbocycles. The number of benzene rings is 3. The summed E-state index contributed by atoms with van der Waals surface area (Å²) in [5.41, 5.74) is 4.13. The molecular weight excluding hydrogens is 471 g/mol. The van der Waals surface area contributed by atoms with Crippen LogP contribution < -0.4 is 5.32 Å². The van der Waals surface area contributed by atoms with Gasteiger partial charge in [-0.05, 0) is 55.0 Å². The molecular formula is C23H15BrCl2N2O. The van der Waals surface area contributed by atoms with E-state index in [4.69, 9.17) is 28.2 Å². The Bertz CT molecular complexity index is 1260. The number of hydrogen-bond acceptors (Lipinski definition) is 2.